The number of piperidine rings is 1. The molecule has 2 aliphatic heterocycles. The van der Waals surface area contributed by atoms with E-state index in [0.29, 0.717) is 55.1 Å². The van der Waals surface area contributed by atoms with Crippen molar-refractivity contribution in [2.24, 2.45) is 0 Å². The number of hydrogen-bond acceptors (Lipinski definition) is 10. The summed E-state index contributed by atoms with van der Waals surface area (Å²) < 4.78 is 37.5. The van der Waals surface area contributed by atoms with Crippen LogP contribution in [0.1, 0.15) is 51.6 Å². The standard InChI is InChI=1S/C28H29F2N9O4/c1-27(2,3)43-26(41)38-10-8-28(9-11-38)25(40)32-19-7-5-16(12-20(19)33-28)21-15-39(37-34-21)14-18-6-4-17(13-31-18)23-35-36-24(42-23)22(29)30/h4-7,12-13,15,22,33H,8-11,14H2,1-3H3,(H,32,40). The van der Waals surface area contributed by atoms with Gasteiger partial charge in [-0.1, -0.05) is 11.3 Å². The Balaban J connectivity index is 1.12. The van der Waals surface area contributed by atoms with E-state index in [1.165, 1.54) is 6.20 Å². The summed E-state index contributed by atoms with van der Waals surface area (Å²) in [5.74, 6) is -0.910. The molecule has 0 saturated carbocycles. The SMILES string of the molecule is CC(C)(C)OC(=O)N1CCC2(CC1)Nc1cc(-c3cn(Cc4ccc(-c5nnc(C(F)F)o5)cn4)nn3)ccc1NC2=O. The zero-order valence-electron chi connectivity index (χ0n) is 23.7. The number of carbonyl (C=O) groups is 2. The third-order valence-electron chi connectivity index (χ3n) is 7.20. The molecular weight excluding hydrogens is 564 g/mol. The lowest BCUT2D eigenvalue weighted by Crippen LogP contribution is -2.59. The second-order valence-electron chi connectivity index (χ2n) is 11.5. The van der Waals surface area contributed by atoms with Gasteiger partial charge in [0.1, 0.15) is 16.8 Å². The van der Waals surface area contributed by atoms with Crippen molar-refractivity contribution in [1.82, 2.24) is 35.1 Å². The molecule has 1 aromatic carbocycles. The molecule has 224 valence electrons. The smallest absolute Gasteiger partial charge is 0.410 e. The van der Waals surface area contributed by atoms with E-state index < -0.39 is 23.5 Å². The van der Waals surface area contributed by atoms with E-state index in [0.717, 1.165) is 11.3 Å². The highest BCUT2D eigenvalue weighted by molar-refractivity contribution is 6.06. The van der Waals surface area contributed by atoms with Gasteiger partial charge in [0, 0.05) is 24.8 Å². The van der Waals surface area contributed by atoms with E-state index in [-0.39, 0.29) is 17.9 Å². The fourth-order valence-corrected chi connectivity index (χ4v) is 4.98. The van der Waals surface area contributed by atoms with Crippen LogP contribution in [0.15, 0.2) is 47.1 Å². The van der Waals surface area contributed by atoms with Crippen LogP contribution >= 0.6 is 0 Å². The minimum Gasteiger partial charge on any atom is -0.444 e. The molecule has 3 aromatic heterocycles. The van der Waals surface area contributed by atoms with Gasteiger partial charge in [0.2, 0.25) is 11.8 Å². The molecular formula is C28H29F2N9O4. The van der Waals surface area contributed by atoms with Gasteiger partial charge in [-0.05, 0) is 57.9 Å². The summed E-state index contributed by atoms with van der Waals surface area (Å²) in [5.41, 5.74) is 2.47. The van der Waals surface area contributed by atoms with E-state index in [1.807, 2.05) is 39.0 Å². The minimum absolute atomic E-state index is 0.0371. The Bertz CT molecular complexity index is 1660. The summed E-state index contributed by atoms with van der Waals surface area (Å²) in [5, 5.41) is 21.9. The van der Waals surface area contributed by atoms with Gasteiger partial charge in [-0.15, -0.1) is 15.3 Å². The largest absolute Gasteiger partial charge is 0.444 e. The predicted octanol–water partition coefficient (Wildman–Crippen LogP) is 4.51. The van der Waals surface area contributed by atoms with E-state index in [4.69, 9.17) is 9.15 Å². The maximum atomic E-state index is 13.1. The number of alkyl halides is 2. The fraction of sp³-hybridized carbons (Fsp3) is 0.393. The molecule has 1 spiro atoms. The van der Waals surface area contributed by atoms with Gasteiger partial charge in [0.05, 0.1) is 35.4 Å². The number of amides is 2. The van der Waals surface area contributed by atoms with Crippen LogP contribution in [0.25, 0.3) is 22.7 Å². The Morgan fingerprint density at radius 2 is 1.86 bits per heavy atom. The number of nitrogens with one attached hydrogen (secondary N) is 2. The Kier molecular flexibility index (Phi) is 7.02. The second-order valence-corrected chi connectivity index (χ2v) is 11.5. The number of ether oxygens (including phenoxy) is 1. The highest BCUT2D eigenvalue weighted by Gasteiger charge is 2.45. The van der Waals surface area contributed by atoms with Crippen LogP contribution in [-0.4, -0.2) is 71.3 Å². The van der Waals surface area contributed by atoms with E-state index in [9.17, 15) is 18.4 Å². The average Bonchev–Trinajstić information content (AvgIpc) is 3.64. The number of benzene rings is 1. The molecule has 2 amide bonds. The Morgan fingerprint density at radius 3 is 2.53 bits per heavy atom. The van der Waals surface area contributed by atoms with Crippen molar-refractivity contribution >= 4 is 23.4 Å². The summed E-state index contributed by atoms with van der Waals surface area (Å²) in [6.07, 6.45) is 0.886. The van der Waals surface area contributed by atoms with Crippen LogP contribution in [0.4, 0.5) is 25.0 Å². The third kappa shape index (κ3) is 5.87. The Morgan fingerprint density at radius 1 is 1.09 bits per heavy atom. The number of halogens is 2. The maximum Gasteiger partial charge on any atom is 0.410 e. The molecule has 15 heteroatoms. The summed E-state index contributed by atoms with van der Waals surface area (Å²) in [6, 6.07) is 8.94. The van der Waals surface area contributed by atoms with Gasteiger partial charge in [-0.25, -0.2) is 9.48 Å². The Hall–Kier alpha value is -4.95. The molecule has 2 aliphatic rings. The van der Waals surface area contributed by atoms with Crippen LogP contribution in [0.5, 0.6) is 0 Å². The molecule has 13 nitrogen and oxygen atoms in total. The molecule has 0 radical (unpaired) electrons. The molecule has 1 fully saturated rings. The zero-order valence-corrected chi connectivity index (χ0v) is 23.7. The van der Waals surface area contributed by atoms with Gasteiger partial charge in [0.15, 0.2) is 0 Å². The predicted molar refractivity (Wildman–Crippen MR) is 149 cm³/mol. The average molecular weight is 594 g/mol. The highest BCUT2D eigenvalue weighted by Crippen LogP contribution is 2.38. The van der Waals surface area contributed by atoms with Crippen LogP contribution in [-0.2, 0) is 16.1 Å². The monoisotopic (exact) mass is 593 g/mol. The second kappa shape index (κ2) is 10.7. The molecule has 2 N–H and O–H groups in total. The van der Waals surface area contributed by atoms with Crippen molar-refractivity contribution in [2.45, 2.75) is 57.7 Å². The van der Waals surface area contributed by atoms with Crippen molar-refractivity contribution in [1.29, 1.82) is 0 Å². The molecule has 4 aromatic rings. The van der Waals surface area contributed by atoms with Gasteiger partial charge in [-0.3, -0.25) is 9.78 Å². The molecule has 6 rings (SSSR count). The number of aromatic nitrogens is 6. The first-order valence-corrected chi connectivity index (χ1v) is 13.7. The fourth-order valence-electron chi connectivity index (χ4n) is 4.98. The molecule has 5 heterocycles. The summed E-state index contributed by atoms with van der Waals surface area (Å²) in [6.45, 7) is 6.56. The number of likely N-dealkylation sites (tertiary alicyclic amines) is 1. The normalized spacial score (nSPS) is 16.1. The Labute approximate surface area is 244 Å². The number of hydrogen-bond donors (Lipinski definition) is 2. The molecule has 0 unspecified atom stereocenters. The van der Waals surface area contributed by atoms with Crippen LogP contribution in [0, 0.1) is 0 Å². The van der Waals surface area contributed by atoms with Crippen molar-refractivity contribution in [3.63, 3.8) is 0 Å². The number of pyridine rings is 1. The molecule has 1 saturated heterocycles. The van der Waals surface area contributed by atoms with Gasteiger partial charge in [-0.2, -0.15) is 8.78 Å². The van der Waals surface area contributed by atoms with E-state index >= 15 is 0 Å². The van der Waals surface area contributed by atoms with Crippen molar-refractivity contribution in [3.8, 4) is 22.7 Å². The summed E-state index contributed by atoms with van der Waals surface area (Å²) >= 11 is 0. The van der Waals surface area contributed by atoms with Gasteiger partial charge < -0.3 is 24.7 Å². The number of carbonyl (C=O) groups excluding carboxylic acids is 2. The number of fused-ring (bicyclic) bond motifs is 1. The first-order valence-electron chi connectivity index (χ1n) is 13.7. The molecule has 43 heavy (non-hydrogen) atoms. The van der Waals surface area contributed by atoms with Crippen LogP contribution in [0.2, 0.25) is 0 Å². The highest BCUT2D eigenvalue weighted by atomic mass is 19.3. The molecule has 0 aliphatic carbocycles. The van der Waals surface area contributed by atoms with Crippen LogP contribution < -0.4 is 10.6 Å². The number of anilines is 2. The topological polar surface area (TPSA) is 153 Å². The third-order valence-corrected chi connectivity index (χ3v) is 7.20. The van der Waals surface area contributed by atoms with Crippen molar-refractivity contribution in [3.05, 3.63) is 54.3 Å². The molecule has 0 atom stereocenters. The lowest BCUT2D eigenvalue weighted by atomic mass is 9.84. The van der Waals surface area contributed by atoms with Crippen molar-refractivity contribution < 1.29 is 27.5 Å². The number of nitrogens with zero attached hydrogens (tertiary/aromatic N) is 7. The zero-order chi connectivity index (χ0) is 30.4. The summed E-state index contributed by atoms with van der Waals surface area (Å²) in [7, 11) is 0. The van der Waals surface area contributed by atoms with Gasteiger partial charge >= 0.3 is 12.5 Å². The van der Waals surface area contributed by atoms with Crippen LogP contribution in [0.3, 0.4) is 0 Å². The van der Waals surface area contributed by atoms with E-state index in [2.05, 4.69) is 36.1 Å². The number of rotatable bonds is 5. The quantitative estimate of drug-likeness (QED) is 0.338. The molecule has 0 bridgehead atoms. The maximum absolute atomic E-state index is 13.1. The lowest BCUT2D eigenvalue weighted by Gasteiger charge is -2.44. The van der Waals surface area contributed by atoms with E-state index in [1.54, 1.807) is 27.9 Å². The van der Waals surface area contributed by atoms with Gasteiger partial charge in [0.25, 0.3) is 5.89 Å². The summed E-state index contributed by atoms with van der Waals surface area (Å²) in [4.78, 5) is 31.6. The minimum atomic E-state index is -2.84. The first kappa shape index (κ1) is 28.2. The van der Waals surface area contributed by atoms with Crippen molar-refractivity contribution in [2.75, 3.05) is 23.7 Å². The first-order chi connectivity index (χ1) is 20.5. The lowest BCUT2D eigenvalue weighted by molar-refractivity contribution is -0.122.